The third kappa shape index (κ3) is 3.63. The second-order valence-corrected chi connectivity index (χ2v) is 5.14. The average molecular weight is 253 g/mol. The number of aromatic nitrogens is 2. The molecule has 0 aliphatic carbocycles. The Labute approximate surface area is 111 Å². The van der Waals surface area contributed by atoms with Gasteiger partial charge < -0.3 is 15.5 Å². The fourth-order valence-corrected chi connectivity index (χ4v) is 2.19. The predicted molar refractivity (Wildman–Crippen MR) is 78.1 cm³/mol. The molecule has 1 aromatic rings. The molecule has 1 aromatic heterocycles. The summed E-state index contributed by atoms with van der Waals surface area (Å²) in [6.07, 6.45) is 3.15. The smallest absolute Gasteiger partial charge is 0.150 e. The largest absolute Gasteiger partial charge is 0.394 e. The molecule has 0 amide bonds. The fourth-order valence-electron chi connectivity index (χ4n) is 2.19. The van der Waals surface area contributed by atoms with Crippen LogP contribution in [0.1, 0.15) is 25.5 Å². The Bertz CT molecular complexity index is 370. The number of nitrogens with zero attached hydrogens (tertiary/aromatic N) is 4. The van der Waals surface area contributed by atoms with Crippen LogP contribution < -0.4 is 10.6 Å². The van der Waals surface area contributed by atoms with Gasteiger partial charge in [-0.05, 0) is 33.5 Å². The normalized spacial score (nSPS) is 11.2. The van der Waals surface area contributed by atoms with Gasteiger partial charge in [-0.2, -0.15) is 5.10 Å². The highest BCUT2D eigenvalue weighted by molar-refractivity contribution is 5.66. The van der Waals surface area contributed by atoms with Crippen molar-refractivity contribution < 1.29 is 0 Å². The van der Waals surface area contributed by atoms with Crippen LogP contribution >= 0.6 is 0 Å². The van der Waals surface area contributed by atoms with Crippen molar-refractivity contribution in [2.45, 2.75) is 26.2 Å². The number of hydrogen-bond acceptors (Lipinski definition) is 4. The van der Waals surface area contributed by atoms with E-state index in [1.54, 1.807) is 0 Å². The molecule has 0 saturated carbocycles. The van der Waals surface area contributed by atoms with Gasteiger partial charge in [-0.15, -0.1) is 0 Å². The molecule has 0 unspecified atom stereocenters. The maximum Gasteiger partial charge on any atom is 0.150 e. The van der Waals surface area contributed by atoms with Crippen molar-refractivity contribution in [3.05, 3.63) is 5.69 Å². The molecule has 0 spiro atoms. The zero-order chi connectivity index (χ0) is 13.7. The zero-order valence-electron chi connectivity index (χ0n) is 12.4. The highest BCUT2D eigenvalue weighted by atomic mass is 15.4. The van der Waals surface area contributed by atoms with E-state index in [9.17, 15) is 0 Å². The maximum absolute atomic E-state index is 6.19. The van der Waals surface area contributed by atoms with E-state index in [0.29, 0.717) is 0 Å². The Morgan fingerprint density at radius 3 is 2.44 bits per heavy atom. The number of nitrogens with two attached hydrogens (primary N) is 1. The van der Waals surface area contributed by atoms with Crippen molar-refractivity contribution in [2.75, 3.05) is 44.9 Å². The Balaban J connectivity index is 2.69. The summed E-state index contributed by atoms with van der Waals surface area (Å²) in [6, 6.07) is 0. The lowest BCUT2D eigenvalue weighted by Gasteiger charge is -2.21. The summed E-state index contributed by atoms with van der Waals surface area (Å²) in [7, 11) is 8.24. The standard InChI is InChI=1S/C13H27N5/c1-6-8-11-12(14)13(18(5)15-11)17(4)10-7-9-16(2)3/h6-10,14H2,1-5H3. The van der Waals surface area contributed by atoms with Gasteiger partial charge in [-0.3, -0.25) is 4.68 Å². The Kier molecular flexibility index (Phi) is 5.47. The van der Waals surface area contributed by atoms with Crippen LogP contribution in [0.4, 0.5) is 11.5 Å². The fraction of sp³-hybridized carbons (Fsp3) is 0.769. The molecule has 5 nitrogen and oxygen atoms in total. The molecule has 1 rings (SSSR count). The van der Waals surface area contributed by atoms with Gasteiger partial charge in [-0.1, -0.05) is 13.3 Å². The molecule has 5 heteroatoms. The predicted octanol–water partition coefficient (Wildman–Crippen LogP) is 1.34. The summed E-state index contributed by atoms with van der Waals surface area (Å²) >= 11 is 0. The summed E-state index contributed by atoms with van der Waals surface area (Å²) in [5.41, 5.74) is 8.05. The van der Waals surface area contributed by atoms with Gasteiger partial charge in [0.15, 0.2) is 0 Å². The number of hydrogen-bond donors (Lipinski definition) is 1. The summed E-state index contributed by atoms with van der Waals surface area (Å²) in [5, 5.41) is 4.50. The molecular weight excluding hydrogens is 226 g/mol. The first-order chi connectivity index (χ1) is 8.47. The van der Waals surface area contributed by atoms with Gasteiger partial charge in [0.05, 0.1) is 11.4 Å². The molecule has 0 saturated heterocycles. The highest BCUT2D eigenvalue weighted by Crippen LogP contribution is 2.26. The van der Waals surface area contributed by atoms with Crippen LogP contribution in [0.2, 0.25) is 0 Å². The number of aryl methyl sites for hydroxylation is 2. The lowest BCUT2D eigenvalue weighted by Crippen LogP contribution is -2.25. The minimum atomic E-state index is 0.840. The maximum atomic E-state index is 6.19. The summed E-state index contributed by atoms with van der Waals surface area (Å²) < 4.78 is 1.90. The van der Waals surface area contributed by atoms with Gasteiger partial charge in [0.2, 0.25) is 0 Å². The van der Waals surface area contributed by atoms with E-state index in [4.69, 9.17) is 5.73 Å². The summed E-state index contributed by atoms with van der Waals surface area (Å²) in [4.78, 5) is 4.40. The third-order valence-corrected chi connectivity index (χ3v) is 3.08. The molecule has 18 heavy (non-hydrogen) atoms. The van der Waals surface area contributed by atoms with Crippen molar-refractivity contribution in [2.24, 2.45) is 7.05 Å². The molecule has 104 valence electrons. The third-order valence-electron chi connectivity index (χ3n) is 3.08. The molecule has 0 radical (unpaired) electrons. The van der Waals surface area contributed by atoms with Crippen molar-refractivity contribution >= 4 is 11.5 Å². The first kappa shape index (κ1) is 14.8. The Morgan fingerprint density at radius 2 is 1.89 bits per heavy atom. The molecule has 1 heterocycles. The van der Waals surface area contributed by atoms with E-state index in [2.05, 4.69) is 43.0 Å². The van der Waals surface area contributed by atoms with Crippen LogP contribution in [0.25, 0.3) is 0 Å². The van der Waals surface area contributed by atoms with E-state index < -0.39 is 0 Å². The molecule has 0 aliphatic rings. The van der Waals surface area contributed by atoms with Gasteiger partial charge in [0.1, 0.15) is 5.82 Å². The SMILES string of the molecule is CCCc1nn(C)c(N(C)CCCN(C)C)c1N. The van der Waals surface area contributed by atoms with Gasteiger partial charge >= 0.3 is 0 Å². The minimum Gasteiger partial charge on any atom is -0.394 e. The molecular formula is C13H27N5. The molecule has 0 atom stereocenters. The molecule has 0 aromatic carbocycles. The molecule has 0 fully saturated rings. The minimum absolute atomic E-state index is 0.840. The van der Waals surface area contributed by atoms with Gasteiger partial charge in [0.25, 0.3) is 0 Å². The van der Waals surface area contributed by atoms with Crippen molar-refractivity contribution in [3.63, 3.8) is 0 Å². The van der Waals surface area contributed by atoms with E-state index >= 15 is 0 Å². The monoisotopic (exact) mass is 253 g/mol. The van der Waals surface area contributed by atoms with Crippen LogP contribution in [0.15, 0.2) is 0 Å². The number of nitrogen functional groups attached to an aromatic ring is 1. The van der Waals surface area contributed by atoms with Crippen LogP contribution in [0.5, 0.6) is 0 Å². The molecule has 0 aliphatic heterocycles. The van der Waals surface area contributed by atoms with E-state index in [1.807, 2.05) is 11.7 Å². The van der Waals surface area contributed by atoms with E-state index in [1.165, 1.54) is 0 Å². The van der Waals surface area contributed by atoms with Crippen LogP contribution in [0, 0.1) is 0 Å². The quantitative estimate of drug-likeness (QED) is 0.797. The van der Waals surface area contributed by atoms with E-state index in [0.717, 1.165) is 49.6 Å². The van der Waals surface area contributed by atoms with Gasteiger partial charge in [0, 0.05) is 20.6 Å². The van der Waals surface area contributed by atoms with Crippen LogP contribution in [0.3, 0.4) is 0 Å². The van der Waals surface area contributed by atoms with Crippen molar-refractivity contribution in [1.29, 1.82) is 0 Å². The number of anilines is 2. The zero-order valence-corrected chi connectivity index (χ0v) is 12.4. The van der Waals surface area contributed by atoms with Crippen molar-refractivity contribution in [3.8, 4) is 0 Å². The first-order valence-electron chi connectivity index (χ1n) is 6.64. The highest BCUT2D eigenvalue weighted by Gasteiger charge is 2.15. The average Bonchev–Trinajstić information content (AvgIpc) is 2.54. The lowest BCUT2D eigenvalue weighted by molar-refractivity contribution is 0.401. The second kappa shape index (κ2) is 6.64. The topological polar surface area (TPSA) is 50.3 Å². The Morgan fingerprint density at radius 1 is 1.22 bits per heavy atom. The van der Waals surface area contributed by atoms with Crippen LogP contribution in [-0.2, 0) is 13.5 Å². The lowest BCUT2D eigenvalue weighted by atomic mass is 10.2. The Hall–Kier alpha value is -1.23. The number of rotatable bonds is 7. The summed E-state index contributed by atoms with van der Waals surface area (Å²) in [6.45, 7) is 4.23. The van der Waals surface area contributed by atoms with Crippen molar-refractivity contribution in [1.82, 2.24) is 14.7 Å². The van der Waals surface area contributed by atoms with Crippen LogP contribution in [-0.4, -0.2) is 48.9 Å². The second-order valence-electron chi connectivity index (χ2n) is 5.14. The molecule has 0 bridgehead atoms. The molecule has 2 N–H and O–H groups in total. The van der Waals surface area contributed by atoms with Gasteiger partial charge in [-0.25, -0.2) is 0 Å². The first-order valence-corrected chi connectivity index (χ1v) is 6.64. The van der Waals surface area contributed by atoms with E-state index in [-0.39, 0.29) is 0 Å². The summed E-state index contributed by atoms with van der Waals surface area (Å²) in [5.74, 6) is 1.04.